The van der Waals surface area contributed by atoms with Crippen molar-refractivity contribution in [2.24, 2.45) is 11.3 Å². The predicted octanol–water partition coefficient (Wildman–Crippen LogP) is 4.81. The molecule has 2 N–H and O–H groups in total. The zero-order valence-corrected chi connectivity index (χ0v) is 18.6. The Kier molecular flexibility index (Phi) is 3.84. The van der Waals surface area contributed by atoms with Crippen LogP contribution in [0.4, 0.5) is 0 Å². The third-order valence-electron chi connectivity index (χ3n) is 9.87. The Morgan fingerprint density at radius 3 is 2.81 bits per heavy atom. The quantitative estimate of drug-likeness (QED) is 0.683. The molecule has 2 aromatic rings. The number of aromatic nitrogens is 1. The molecule has 3 fully saturated rings. The van der Waals surface area contributed by atoms with Crippen molar-refractivity contribution in [3.63, 3.8) is 0 Å². The van der Waals surface area contributed by atoms with E-state index < -0.39 is 17.8 Å². The van der Waals surface area contributed by atoms with Gasteiger partial charge in [0.25, 0.3) is 0 Å². The Bertz CT molecular complexity index is 1190. The molecule has 3 heterocycles. The molecule has 2 spiro atoms. The van der Waals surface area contributed by atoms with Crippen molar-refractivity contribution < 1.29 is 14.9 Å². The van der Waals surface area contributed by atoms with Gasteiger partial charge in [0.2, 0.25) is 0 Å². The second kappa shape index (κ2) is 6.31. The van der Waals surface area contributed by atoms with Crippen LogP contribution in [-0.4, -0.2) is 38.6 Å². The van der Waals surface area contributed by atoms with Crippen LogP contribution in [0.2, 0.25) is 0 Å². The highest BCUT2D eigenvalue weighted by Crippen LogP contribution is 2.69. The molecule has 0 amide bonds. The smallest absolute Gasteiger partial charge is 0.119 e. The van der Waals surface area contributed by atoms with Crippen molar-refractivity contribution in [3.8, 4) is 0 Å². The van der Waals surface area contributed by atoms with E-state index in [0.717, 1.165) is 38.5 Å². The van der Waals surface area contributed by atoms with E-state index in [1.807, 2.05) is 12.4 Å². The van der Waals surface area contributed by atoms with E-state index in [1.165, 1.54) is 27.5 Å². The normalized spacial score (nSPS) is 44.5. The maximum atomic E-state index is 11.0. The van der Waals surface area contributed by atoms with Gasteiger partial charge in [-0.2, -0.15) is 0 Å². The molecule has 3 aliphatic carbocycles. The summed E-state index contributed by atoms with van der Waals surface area (Å²) in [5.74, 6) is 0.907. The van der Waals surface area contributed by atoms with E-state index in [2.05, 4.69) is 48.3 Å². The number of ether oxygens (including phenoxy) is 1. The van der Waals surface area contributed by atoms with Crippen LogP contribution < -0.4 is 0 Å². The van der Waals surface area contributed by atoms with Crippen molar-refractivity contribution in [2.75, 3.05) is 0 Å². The summed E-state index contributed by atoms with van der Waals surface area (Å²) in [5.41, 5.74) is 3.08. The molecule has 5 aliphatic rings. The standard InChI is InChI=1S/C28H31NO3/c1-26-10-8-21-15-20-4-6-23(30)25(31)28(20)12-11-27(21,32-28)24(26)7-5-22(26)18-3-2-17-9-13-29-16-19(17)14-18/h2-3,8-9,13-16,22-25,30-31H,4-7,10-12H2,1H3/t22?,23-,24-,25+,26-,27?,28+/m1/s1. The van der Waals surface area contributed by atoms with E-state index in [-0.39, 0.29) is 11.0 Å². The van der Waals surface area contributed by atoms with Gasteiger partial charge in [0.15, 0.2) is 0 Å². The van der Waals surface area contributed by atoms with Gasteiger partial charge in [0.1, 0.15) is 11.7 Å². The molecule has 4 heteroatoms. The molecular weight excluding hydrogens is 398 g/mol. The lowest BCUT2D eigenvalue weighted by Gasteiger charge is -2.55. The fourth-order valence-electron chi connectivity index (χ4n) is 8.28. The fraction of sp³-hybridized carbons (Fsp3) is 0.536. The SMILES string of the molecule is C[C@]12CC=C3C=C4CC[C@@H](O)[C@H](O)[C@]45CCC3(O5)[C@@H]1CCC2c1ccc2ccncc2c1. The summed E-state index contributed by atoms with van der Waals surface area (Å²) in [4.78, 5) is 4.33. The molecule has 7 atom stereocenters. The van der Waals surface area contributed by atoms with Crippen LogP contribution in [-0.2, 0) is 4.74 Å². The van der Waals surface area contributed by atoms with E-state index in [0.29, 0.717) is 18.3 Å². The lowest BCUT2D eigenvalue weighted by atomic mass is 9.58. The predicted molar refractivity (Wildman–Crippen MR) is 123 cm³/mol. The third kappa shape index (κ3) is 2.26. The molecule has 7 rings (SSSR count). The number of pyridine rings is 1. The molecule has 2 unspecified atom stereocenters. The van der Waals surface area contributed by atoms with Gasteiger partial charge in [-0.05, 0) is 96.4 Å². The number of aliphatic hydroxyl groups is 2. The number of benzene rings is 1. The highest BCUT2D eigenvalue weighted by Gasteiger charge is 2.68. The lowest BCUT2D eigenvalue weighted by Crippen LogP contribution is -2.59. The zero-order valence-electron chi connectivity index (χ0n) is 18.6. The molecule has 1 aromatic heterocycles. The highest BCUT2D eigenvalue weighted by atomic mass is 16.5. The van der Waals surface area contributed by atoms with Crippen molar-refractivity contribution in [1.82, 2.24) is 4.98 Å². The average molecular weight is 430 g/mol. The summed E-state index contributed by atoms with van der Waals surface area (Å²) in [6.07, 6.45) is 13.7. The summed E-state index contributed by atoms with van der Waals surface area (Å²) >= 11 is 0. The molecule has 2 aliphatic heterocycles. The van der Waals surface area contributed by atoms with Gasteiger partial charge in [-0.1, -0.05) is 31.2 Å². The van der Waals surface area contributed by atoms with E-state index in [4.69, 9.17) is 4.74 Å². The number of aliphatic hydroxyl groups excluding tert-OH is 2. The first kappa shape index (κ1) is 19.5. The van der Waals surface area contributed by atoms with Gasteiger partial charge in [-0.15, -0.1) is 0 Å². The summed E-state index contributed by atoms with van der Waals surface area (Å²) < 4.78 is 7.04. The first-order valence-corrected chi connectivity index (χ1v) is 12.3. The van der Waals surface area contributed by atoms with Crippen molar-refractivity contribution >= 4 is 10.8 Å². The van der Waals surface area contributed by atoms with Crippen molar-refractivity contribution in [2.45, 2.75) is 81.2 Å². The Hall–Kier alpha value is -2.01. The number of allylic oxidation sites excluding steroid dienone is 1. The van der Waals surface area contributed by atoms with Crippen molar-refractivity contribution in [3.05, 3.63) is 65.5 Å². The monoisotopic (exact) mass is 429 g/mol. The van der Waals surface area contributed by atoms with Crippen LogP contribution in [0.1, 0.15) is 63.4 Å². The van der Waals surface area contributed by atoms with Crippen LogP contribution in [0.25, 0.3) is 10.8 Å². The summed E-state index contributed by atoms with van der Waals surface area (Å²) in [5, 5.41) is 23.9. The van der Waals surface area contributed by atoms with Gasteiger partial charge in [-0.25, -0.2) is 0 Å². The van der Waals surface area contributed by atoms with Gasteiger partial charge >= 0.3 is 0 Å². The minimum atomic E-state index is -0.818. The second-order valence-corrected chi connectivity index (χ2v) is 11.1. The molecule has 1 saturated heterocycles. The minimum absolute atomic E-state index is 0.120. The van der Waals surface area contributed by atoms with Crippen LogP contribution >= 0.6 is 0 Å². The number of hydrogen-bond acceptors (Lipinski definition) is 4. The Morgan fingerprint density at radius 2 is 1.91 bits per heavy atom. The number of fused-ring (bicyclic) bond motifs is 2. The third-order valence-corrected chi connectivity index (χ3v) is 9.87. The van der Waals surface area contributed by atoms with Gasteiger partial charge in [0.05, 0.1) is 11.7 Å². The number of nitrogens with zero attached hydrogens (tertiary/aromatic N) is 1. The number of rotatable bonds is 1. The summed E-state index contributed by atoms with van der Waals surface area (Å²) in [6, 6.07) is 8.97. The van der Waals surface area contributed by atoms with E-state index in [1.54, 1.807) is 0 Å². The van der Waals surface area contributed by atoms with Crippen LogP contribution in [0.5, 0.6) is 0 Å². The topological polar surface area (TPSA) is 62.6 Å². The molecule has 166 valence electrons. The molecule has 4 nitrogen and oxygen atoms in total. The minimum Gasteiger partial charge on any atom is -0.390 e. The largest absolute Gasteiger partial charge is 0.390 e. The molecular formula is C28H31NO3. The van der Waals surface area contributed by atoms with Crippen molar-refractivity contribution in [1.29, 1.82) is 0 Å². The average Bonchev–Trinajstić information content (AvgIpc) is 3.33. The first-order chi connectivity index (χ1) is 15.5. The van der Waals surface area contributed by atoms with E-state index in [9.17, 15) is 10.2 Å². The zero-order chi connectivity index (χ0) is 21.7. The highest BCUT2D eigenvalue weighted by molar-refractivity contribution is 5.82. The maximum absolute atomic E-state index is 11.0. The lowest BCUT2D eigenvalue weighted by molar-refractivity contribution is -0.193. The summed E-state index contributed by atoms with van der Waals surface area (Å²) in [7, 11) is 0. The van der Waals surface area contributed by atoms with Crippen LogP contribution in [0.15, 0.2) is 60.0 Å². The maximum Gasteiger partial charge on any atom is 0.119 e. The molecule has 0 radical (unpaired) electrons. The molecule has 1 aromatic carbocycles. The first-order valence-electron chi connectivity index (χ1n) is 12.3. The van der Waals surface area contributed by atoms with E-state index >= 15 is 0 Å². The Labute approximate surface area is 189 Å². The Balaban J connectivity index is 1.31. The van der Waals surface area contributed by atoms with Gasteiger partial charge < -0.3 is 14.9 Å². The molecule has 32 heavy (non-hydrogen) atoms. The van der Waals surface area contributed by atoms with Gasteiger partial charge in [0, 0.05) is 17.8 Å². The summed E-state index contributed by atoms with van der Waals surface area (Å²) in [6.45, 7) is 2.46. The Morgan fingerprint density at radius 1 is 1.03 bits per heavy atom. The van der Waals surface area contributed by atoms with Crippen LogP contribution in [0, 0.1) is 11.3 Å². The molecule has 2 bridgehead atoms. The van der Waals surface area contributed by atoms with Gasteiger partial charge in [-0.3, -0.25) is 4.98 Å². The number of hydrogen-bond donors (Lipinski definition) is 2. The molecule has 2 saturated carbocycles. The van der Waals surface area contributed by atoms with Crippen LogP contribution in [0.3, 0.4) is 0 Å². The fourth-order valence-corrected chi connectivity index (χ4v) is 8.28. The second-order valence-electron chi connectivity index (χ2n) is 11.1.